The number of carboxylic acid groups (broad SMARTS) is 1. The van der Waals surface area contributed by atoms with Crippen LogP contribution in [-0.4, -0.2) is 42.0 Å². The van der Waals surface area contributed by atoms with Gasteiger partial charge < -0.3 is 21.1 Å². The fourth-order valence-electron chi connectivity index (χ4n) is 1.50. The number of carboxylic acids is 1. The Kier molecular flexibility index (Phi) is 4.14. The first-order chi connectivity index (χ1) is 8.32. The van der Waals surface area contributed by atoms with Crippen molar-refractivity contribution in [1.29, 1.82) is 0 Å². The van der Waals surface area contributed by atoms with Gasteiger partial charge in [0.25, 0.3) is 0 Å². The molecule has 1 unspecified atom stereocenters. The van der Waals surface area contributed by atoms with Gasteiger partial charge in [-0.2, -0.15) is 0 Å². The molecule has 0 fully saturated rings. The topological polar surface area (TPSA) is 95.7 Å². The lowest BCUT2D eigenvalue weighted by molar-refractivity contribution is -0.129. The van der Waals surface area contributed by atoms with Crippen molar-refractivity contribution in [2.24, 2.45) is 0 Å². The Morgan fingerprint density at radius 2 is 2.00 bits per heavy atom. The standard InChI is InChI=1S/C12H17N3O3/c1-7(11(16)15(2)3)14-10-6-8(12(17)18)4-5-9(10)13/h4-7,14H,13H2,1-3H3,(H,17,18). The second kappa shape index (κ2) is 5.39. The average Bonchev–Trinajstić information content (AvgIpc) is 2.30. The van der Waals surface area contributed by atoms with E-state index in [1.54, 1.807) is 21.0 Å². The maximum absolute atomic E-state index is 11.7. The molecule has 0 bridgehead atoms. The number of hydrogen-bond acceptors (Lipinski definition) is 4. The van der Waals surface area contributed by atoms with Crippen LogP contribution < -0.4 is 11.1 Å². The predicted octanol–water partition coefficient (Wildman–Crippen LogP) is 0.856. The van der Waals surface area contributed by atoms with Gasteiger partial charge in [0.15, 0.2) is 0 Å². The molecule has 4 N–H and O–H groups in total. The number of nitrogens with one attached hydrogen (secondary N) is 1. The van der Waals surface area contributed by atoms with E-state index < -0.39 is 12.0 Å². The minimum atomic E-state index is -1.04. The predicted molar refractivity (Wildman–Crippen MR) is 69.6 cm³/mol. The first-order valence-electron chi connectivity index (χ1n) is 5.43. The molecular weight excluding hydrogens is 234 g/mol. The van der Waals surface area contributed by atoms with Crippen LogP contribution in [0.4, 0.5) is 11.4 Å². The largest absolute Gasteiger partial charge is 0.478 e. The lowest BCUT2D eigenvalue weighted by Gasteiger charge is -2.20. The number of nitrogens with two attached hydrogens (primary N) is 1. The van der Waals surface area contributed by atoms with Gasteiger partial charge >= 0.3 is 5.97 Å². The minimum Gasteiger partial charge on any atom is -0.478 e. The molecule has 0 aliphatic heterocycles. The summed E-state index contributed by atoms with van der Waals surface area (Å²) in [5.41, 5.74) is 6.70. The van der Waals surface area contributed by atoms with Crippen LogP contribution in [0.1, 0.15) is 17.3 Å². The van der Waals surface area contributed by atoms with Crippen molar-refractivity contribution in [3.63, 3.8) is 0 Å². The van der Waals surface area contributed by atoms with Gasteiger partial charge in [-0.3, -0.25) is 4.79 Å². The van der Waals surface area contributed by atoms with Gasteiger partial charge in [-0.1, -0.05) is 0 Å². The first-order valence-corrected chi connectivity index (χ1v) is 5.43. The van der Waals surface area contributed by atoms with Crippen LogP contribution in [0.25, 0.3) is 0 Å². The molecule has 98 valence electrons. The summed E-state index contributed by atoms with van der Waals surface area (Å²) in [6.07, 6.45) is 0. The molecule has 6 nitrogen and oxygen atoms in total. The zero-order valence-corrected chi connectivity index (χ0v) is 10.6. The summed E-state index contributed by atoms with van der Waals surface area (Å²) in [5.74, 6) is -1.15. The van der Waals surface area contributed by atoms with Crippen molar-refractivity contribution in [2.75, 3.05) is 25.1 Å². The van der Waals surface area contributed by atoms with Crippen molar-refractivity contribution in [1.82, 2.24) is 4.90 Å². The number of carbonyl (C=O) groups excluding carboxylic acids is 1. The normalized spacial score (nSPS) is 11.7. The quantitative estimate of drug-likeness (QED) is 0.690. The van der Waals surface area contributed by atoms with Crippen LogP contribution >= 0.6 is 0 Å². The number of rotatable bonds is 4. The summed E-state index contributed by atoms with van der Waals surface area (Å²) >= 11 is 0. The van der Waals surface area contributed by atoms with Crippen molar-refractivity contribution in [3.05, 3.63) is 23.8 Å². The van der Waals surface area contributed by atoms with E-state index in [4.69, 9.17) is 10.8 Å². The van der Waals surface area contributed by atoms with Crippen LogP contribution in [0, 0.1) is 0 Å². The van der Waals surface area contributed by atoms with Crippen LogP contribution in [0.5, 0.6) is 0 Å². The van der Waals surface area contributed by atoms with E-state index in [0.29, 0.717) is 11.4 Å². The van der Waals surface area contributed by atoms with Crippen LogP contribution in [0.2, 0.25) is 0 Å². The molecule has 1 aromatic carbocycles. The van der Waals surface area contributed by atoms with Gasteiger partial charge in [0, 0.05) is 14.1 Å². The number of anilines is 2. The minimum absolute atomic E-state index is 0.116. The molecule has 0 saturated carbocycles. The van der Waals surface area contributed by atoms with Crippen molar-refractivity contribution in [3.8, 4) is 0 Å². The van der Waals surface area contributed by atoms with Gasteiger partial charge in [-0.05, 0) is 25.1 Å². The Morgan fingerprint density at radius 1 is 1.39 bits per heavy atom. The van der Waals surface area contributed by atoms with Gasteiger partial charge in [0.2, 0.25) is 5.91 Å². The lowest BCUT2D eigenvalue weighted by atomic mass is 10.1. The highest BCUT2D eigenvalue weighted by atomic mass is 16.4. The Hall–Kier alpha value is -2.24. The number of nitrogen functional groups attached to an aromatic ring is 1. The molecule has 1 amide bonds. The molecular formula is C12H17N3O3. The van der Waals surface area contributed by atoms with Crippen LogP contribution in [0.15, 0.2) is 18.2 Å². The third-order valence-electron chi connectivity index (χ3n) is 2.48. The first kappa shape index (κ1) is 13.8. The molecule has 18 heavy (non-hydrogen) atoms. The molecule has 0 aliphatic carbocycles. The molecule has 1 rings (SSSR count). The molecule has 0 radical (unpaired) electrons. The summed E-state index contributed by atoms with van der Waals surface area (Å²) in [6.45, 7) is 1.69. The smallest absolute Gasteiger partial charge is 0.335 e. The summed E-state index contributed by atoms with van der Waals surface area (Å²) in [4.78, 5) is 24.0. The van der Waals surface area contributed by atoms with E-state index in [-0.39, 0.29) is 11.5 Å². The van der Waals surface area contributed by atoms with E-state index in [9.17, 15) is 9.59 Å². The second-order valence-electron chi connectivity index (χ2n) is 4.21. The Balaban J connectivity index is 2.93. The van der Waals surface area contributed by atoms with E-state index in [1.807, 2.05) is 0 Å². The fraction of sp³-hybridized carbons (Fsp3) is 0.333. The molecule has 1 atom stereocenters. The molecule has 0 aliphatic rings. The summed E-state index contributed by atoms with van der Waals surface area (Å²) in [7, 11) is 3.30. The third-order valence-corrected chi connectivity index (χ3v) is 2.48. The zero-order valence-electron chi connectivity index (χ0n) is 10.6. The zero-order chi connectivity index (χ0) is 13.9. The highest BCUT2D eigenvalue weighted by molar-refractivity contribution is 5.91. The Morgan fingerprint density at radius 3 is 2.50 bits per heavy atom. The number of aromatic carboxylic acids is 1. The third kappa shape index (κ3) is 3.13. The molecule has 0 spiro atoms. The number of benzene rings is 1. The monoisotopic (exact) mass is 251 g/mol. The number of likely N-dealkylation sites (N-methyl/N-ethyl adjacent to an activating group) is 1. The number of amides is 1. The maximum atomic E-state index is 11.7. The summed E-state index contributed by atoms with van der Waals surface area (Å²) in [5, 5.41) is 11.8. The van der Waals surface area contributed by atoms with Crippen molar-refractivity contribution >= 4 is 23.3 Å². The highest BCUT2D eigenvalue weighted by Gasteiger charge is 2.16. The molecule has 0 heterocycles. The van der Waals surface area contributed by atoms with Gasteiger partial charge in [-0.15, -0.1) is 0 Å². The summed E-state index contributed by atoms with van der Waals surface area (Å²) < 4.78 is 0. The second-order valence-corrected chi connectivity index (χ2v) is 4.21. The van der Waals surface area contributed by atoms with Crippen LogP contribution in [0.3, 0.4) is 0 Å². The number of nitrogens with zero attached hydrogens (tertiary/aromatic N) is 1. The van der Waals surface area contributed by atoms with Crippen LogP contribution in [-0.2, 0) is 4.79 Å². The van der Waals surface area contributed by atoms with Crippen molar-refractivity contribution in [2.45, 2.75) is 13.0 Å². The maximum Gasteiger partial charge on any atom is 0.335 e. The van der Waals surface area contributed by atoms with Crippen molar-refractivity contribution < 1.29 is 14.7 Å². The average molecular weight is 251 g/mol. The van der Waals surface area contributed by atoms with Gasteiger partial charge in [0.1, 0.15) is 6.04 Å². The lowest BCUT2D eigenvalue weighted by Crippen LogP contribution is -2.36. The molecule has 1 aromatic rings. The Bertz CT molecular complexity index is 472. The summed E-state index contributed by atoms with van der Waals surface area (Å²) in [6, 6.07) is 3.85. The van der Waals surface area contributed by atoms with Gasteiger partial charge in [0.05, 0.1) is 16.9 Å². The molecule has 6 heteroatoms. The highest BCUT2D eigenvalue weighted by Crippen LogP contribution is 2.21. The van der Waals surface area contributed by atoms with E-state index in [1.165, 1.54) is 23.1 Å². The fourth-order valence-corrected chi connectivity index (χ4v) is 1.50. The van der Waals surface area contributed by atoms with E-state index in [0.717, 1.165) is 0 Å². The number of carbonyl (C=O) groups is 2. The van der Waals surface area contributed by atoms with E-state index in [2.05, 4.69) is 5.32 Å². The molecule has 0 aromatic heterocycles. The SMILES string of the molecule is CC(Nc1cc(C(=O)O)ccc1N)C(=O)N(C)C. The number of hydrogen-bond donors (Lipinski definition) is 3. The molecule has 0 saturated heterocycles. The van der Waals surface area contributed by atoms with E-state index >= 15 is 0 Å². The Labute approximate surface area is 105 Å². The van der Waals surface area contributed by atoms with Gasteiger partial charge in [-0.25, -0.2) is 4.79 Å².